The van der Waals surface area contributed by atoms with Crippen molar-refractivity contribution in [1.29, 1.82) is 0 Å². The van der Waals surface area contributed by atoms with Crippen molar-refractivity contribution in [2.75, 3.05) is 25.3 Å². The molecule has 214 valence electrons. The van der Waals surface area contributed by atoms with Crippen LogP contribution in [-0.2, 0) is 4.79 Å². The van der Waals surface area contributed by atoms with Gasteiger partial charge in [-0.1, -0.05) is 47.5 Å². The third-order valence-electron chi connectivity index (χ3n) is 5.96. The second-order valence-electron chi connectivity index (χ2n) is 8.80. The number of Topliss-reactive ketones (excluding diaryl/α,β-unsaturated/α-hetero) is 1. The van der Waals surface area contributed by atoms with Crippen molar-refractivity contribution in [3.63, 3.8) is 0 Å². The number of nitrogens with one attached hydrogen (secondary N) is 2. The zero-order valence-electron chi connectivity index (χ0n) is 22.7. The maximum absolute atomic E-state index is 13.5. The summed E-state index contributed by atoms with van der Waals surface area (Å²) in [7, 11) is 3.04. The Kier molecular flexibility index (Phi) is 10.7. The molecule has 4 aromatic rings. The zero-order chi connectivity index (χ0) is 30.1. The predicted octanol–water partition coefficient (Wildman–Crippen LogP) is 7.40. The highest BCUT2D eigenvalue weighted by atomic mass is 35.5. The largest absolute Gasteiger partial charge is 0.497 e. The second kappa shape index (κ2) is 14.6. The number of ether oxygens (including phenoxy) is 2. The van der Waals surface area contributed by atoms with Crippen LogP contribution in [0.1, 0.15) is 26.3 Å². The number of benzene rings is 4. The van der Waals surface area contributed by atoms with E-state index < -0.39 is 11.8 Å². The van der Waals surface area contributed by atoms with Crippen molar-refractivity contribution in [3.8, 4) is 11.5 Å². The third-order valence-corrected chi connectivity index (χ3v) is 7.50. The molecule has 0 heterocycles. The summed E-state index contributed by atoms with van der Waals surface area (Å²) in [4.78, 5) is 40.0. The Morgan fingerprint density at radius 2 is 1.64 bits per heavy atom. The van der Waals surface area contributed by atoms with Crippen molar-refractivity contribution in [2.45, 2.75) is 4.90 Å². The zero-order valence-corrected chi connectivity index (χ0v) is 25.0. The maximum Gasteiger partial charge on any atom is 0.272 e. The Labute approximate surface area is 257 Å². The van der Waals surface area contributed by atoms with Gasteiger partial charge in [0.25, 0.3) is 11.8 Å². The van der Waals surface area contributed by atoms with Crippen LogP contribution in [0.3, 0.4) is 0 Å². The molecule has 7 nitrogen and oxygen atoms in total. The molecule has 0 saturated carbocycles. The van der Waals surface area contributed by atoms with E-state index in [-0.39, 0.29) is 17.2 Å². The quantitative estimate of drug-likeness (QED) is 0.103. The van der Waals surface area contributed by atoms with Crippen molar-refractivity contribution < 1.29 is 23.9 Å². The smallest absolute Gasteiger partial charge is 0.272 e. The minimum absolute atomic E-state index is 0.0129. The summed E-state index contributed by atoms with van der Waals surface area (Å²) in [5, 5.41) is 6.29. The topological polar surface area (TPSA) is 93.7 Å². The number of carbonyl (C=O) groups is 3. The second-order valence-corrected chi connectivity index (χ2v) is 10.7. The van der Waals surface area contributed by atoms with Gasteiger partial charge in [-0.05, 0) is 72.8 Å². The molecule has 2 N–H and O–H groups in total. The SMILES string of the molecule is COc1ccc(OC)c(/C=C(\NC(=O)c2ccccc2)C(=O)Nc2cccc(SCC(=O)c3ccc(Cl)cc3Cl)c2)c1. The van der Waals surface area contributed by atoms with E-state index >= 15 is 0 Å². The fraction of sp³-hybridized carbons (Fsp3) is 0.0938. The summed E-state index contributed by atoms with van der Waals surface area (Å²) in [6, 6.07) is 25.5. The van der Waals surface area contributed by atoms with Crippen LogP contribution in [0.15, 0.2) is 102 Å². The number of carbonyl (C=O) groups excluding carboxylic acids is 3. The summed E-state index contributed by atoms with van der Waals surface area (Å²) in [5.74, 6) is -0.00327. The van der Waals surface area contributed by atoms with E-state index in [4.69, 9.17) is 32.7 Å². The number of methoxy groups -OCH3 is 2. The average Bonchev–Trinajstić information content (AvgIpc) is 3.00. The Hall–Kier alpha value is -4.24. The third kappa shape index (κ3) is 8.16. The lowest BCUT2D eigenvalue weighted by Gasteiger charge is -2.13. The number of ketones is 1. The molecule has 0 aromatic heterocycles. The first kappa shape index (κ1) is 30.7. The first-order chi connectivity index (χ1) is 20.3. The van der Waals surface area contributed by atoms with Gasteiger partial charge in [-0.25, -0.2) is 0 Å². The van der Waals surface area contributed by atoms with Gasteiger partial charge in [0.15, 0.2) is 5.78 Å². The molecule has 4 aromatic carbocycles. The van der Waals surface area contributed by atoms with Gasteiger partial charge in [0.2, 0.25) is 0 Å². The molecule has 0 unspecified atom stereocenters. The maximum atomic E-state index is 13.5. The Morgan fingerprint density at radius 1 is 0.857 bits per heavy atom. The first-order valence-electron chi connectivity index (χ1n) is 12.6. The van der Waals surface area contributed by atoms with Crippen molar-refractivity contribution in [2.24, 2.45) is 0 Å². The van der Waals surface area contributed by atoms with Gasteiger partial charge in [0, 0.05) is 32.3 Å². The molecule has 0 aliphatic rings. The van der Waals surface area contributed by atoms with Gasteiger partial charge >= 0.3 is 0 Å². The number of halogens is 2. The molecule has 4 rings (SSSR count). The van der Waals surface area contributed by atoms with Gasteiger partial charge in [0.1, 0.15) is 17.2 Å². The summed E-state index contributed by atoms with van der Waals surface area (Å²) in [6.07, 6.45) is 1.52. The lowest BCUT2D eigenvalue weighted by Crippen LogP contribution is -2.30. The molecule has 10 heteroatoms. The Balaban J connectivity index is 1.55. The van der Waals surface area contributed by atoms with E-state index in [1.54, 1.807) is 78.9 Å². The molecule has 0 aliphatic carbocycles. The molecule has 0 radical (unpaired) electrons. The number of thioether (sulfide) groups is 1. The number of anilines is 1. The van der Waals surface area contributed by atoms with Crippen molar-refractivity contribution in [1.82, 2.24) is 5.32 Å². The summed E-state index contributed by atoms with van der Waals surface area (Å²) in [6.45, 7) is 0. The van der Waals surface area contributed by atoms with Crippen molar-refractivity contribution >= 4 is 64.3 Å². The number of hydrogen-bond donors (Lipinski definition) is 2. The Morgan fingerprint density at radius 3 is 2.36 bits per heavy atom. The van der Waals surface area contributed by atoms with Crippen LogP contribution in [0.2, 0.25) is 10.0 Å². The van der Waals surface area contributed by atoms with Crippen molar-refractivity contribution in [3.05, 3.63) is 123 Å². The fourth-order valence-corrected chi connectivity index (χ4v) is 5.21. The Bertz CT molecular complexity index is 1640. The van der Waals surface area contributed by atoms with Crippen LogP contribution < -0.4 is 20.1 Å². The van der Waals surface area contributed by atoms with Crippen LogP contribution in [0.4, 0.5) is 5.69 Å². The lowest BCUT2D eigenvalue weighted by molar-refractivity contribution is -0.113. The van der Waals surface area contributed by atoms with E-state index in [2.05, 4.69) is 10.6 Å². The standard InChI is InChI=1S/C32H26Cl2N2O5S/c1-40-24-12-14-30(41-2)21(15-24)16-28(36-31(38)20-7-4-3-5-8-20)32(39)35-23-9-6-10-25(18-23)42-19-29(37)26-13-11-22(33)17-27(26)34/h3-18H,19H2,1-2H3,(H,35,39)(H,36,38)/b28-16-. The van der Waals surface area contributed by atoms with Gasteiger partial charge in [-0.3, -0.25) is 14.4 Å². The molecule has 0 spiro atoms. The highest BCUT2D eigenvalue weighted by Gasteiger charge is 2.17. The molecular weight excluding hydrogens is 595 g/mol. The van der Waals surface area contributed by atoms with Gasteiger partial charge < -0.3 is 20.1 Å². The van der Waals surface area contributed by atoms with Gasteiger partial charge in [0.05, 0.1) is 25.0 Å². The monoisotopic (exact) mass is 620 g/mol. The predicted molar refractivity (Wildman–Crippen MR) is 168 cm³/mol. The fourth-order valence-electron chi connectivity index (χ4n) is 3.85. The normalized spacial score (nSPS) is 11.0. The molecule has 0 fully saturated rings. The summed E-state index contributed by atoms with van der Waals surface area (Å²) >= 11 is 13.4. The lowest BCUT2D eigenvalue weighted by atomic mass is 10.1. The van der Waals surface area contributed by atoms with E-state index in [0.717, 1.165) is 4.90 Å². The van der Waals surface area contributed by atoms with Gasteiger partial charge in [-0.2, -0.15) is 0 Å². The van der Waals surface area contributed by atoms with E-state index in [0.29, 0.717) is 43.9 Å². The molecule has 0 bridgehead atoms. The van der Waals surface area contributed by atoms with E-state index in [1.165, 1.54) is 38.1 Å². The molecule has 0 aliphatic heterocycles. The summed E-state index contributed by atoms with van der Waals surface area (Å²) in [5.41, 5.74) is 1.76. The van der Waals surface area contributed by atoms with E-state index in [9.17, 15) is 14.4 Å². The molecule has 2 amide bonds. The highest BCUT2D eigenvalue weighted by molar-refractivity contribution is 8.00. The minimum Gasteiger partial charge on any atom is -0.497 e. The number of amides is 2. The number of hydrogen-bond acceptors (Lipinski definition) is 6. The number of rotatable bonds is 11. The van der Waals surface area contributed by atoms with Crippen LogP contribution in [0, 0.1) is 0 Å². The van der Waals surface area contributed by atoms with Crippen LogP contribution >= 0.6 is 35.0 Å². The molecular formula is C32H26Cl2N2O5S. The van der Waals surface area contributed by atoms with E-state index in [1.807, 2.05) is 6.07 Å². The molecule has 0 saturated heterocycles. The van der Waals surface area contributed by atoms with Crippen LogP contribution in [0.5, 0.6) is 11.5 Å². The highest BCUT2D eigenvalue weighted by Crippen LogP contribution is 2.28. The van der Waals surface area contributed by atoms with Crippen LogP contribution in [-0.4, -0.2) is 37.6 Å². The van der Waals surface area contributed by atoms with Gasteiger partial charge in [-0.15, -0.1) is 11.8 Å². The minimum atomic E-state index is -0.560. The molecule has 0 atom stereocenters. The average molecular weight is 622 g/mol. The van der Waals surface area contributed by atoms with Crippen LogP contribution in [0.25, 0.3) is 6.08 Å². The first-order valence-corrected chi connectivity index (χ1v) is 14.3. The summed E-state index contributed by atoms with van der Waals surface area (Å²) < 4.78 is 10.8. The molecule has 42 heavy (non-hydrogen) atoms.